The van der Waals surface area contributed by atoms with Crippen molar-refractivity contribution in [2.45, 2.75) is 39.0 Å². The molecule has 0 aliphatic heterocycles. The second-order valence-electron chi connectivity index (χ2n) is 7.17. The first-order chi connectivity index (χ1) is 13.6. The molecule has 2 N–H and O–H groups in total. The molecular weight excluding hydrogens is 379 g/mol. The summed E-state index contributed by atoms with van der Waals surface area (Å²) < 4.78 is 25.2. The molecule has 0 aliphatic rings. The smallest absolute Gasteiger partial charge is 0.408 e. The zero-order chi connectivity index (χ0) is 21.6. The highest BCUT2D eigenvalue weighted by molar-refractivity contribution is 5.81. The average molecular weight is 400 g/mol. The van der Waals surface area contributed by atoms with Crippen LogP contribution in [0.1, 0.15) is 43.5 Å². The molecule has 0 saturated heterocycles. The minimum absolute atomic E-state index is 0.0287. The summed E-state index contributed by atoms with van der Waals surface area (Å²) in [4.78, 5) is 23.5. The number of hydrogen-bond donors (Lipinski definition) is 2. The first-order valence-corrected chi connectivity index (χ1v) is 8.73. The number of nitrogens with zero attached hydrogens (tertiary/aromatic N) is 1. The lowest BCUT2D eigenvalue weighted by Crippen LogP contribution is -2.38. The van der Waals surface area contributed by atoms with Crippen molar-refractivity contribution in [2.75, 3.05) is 0 Å². The average Bonchev–Trinajstić information content (AvgIpc) is 2.64. The summed E-state index contributed by atoms with van der Waals surface area (Å²) in [7, 11) is 0. The Balaban J connectivity index is 2.28. The fourth-order valence-corrected chi connectivity index (χ4v) is 2.43. The number of benzene rings is 2. The van der Waals surface area contributed by atoms with Crippen LogP contribution in [0.2, 0.25) is 0 Å². The molecule has 1 amide bonds. The molecule has 2 rings (SSSR count). The van der Waals surface area contributed by atoms with E-state index in [0.29, 0.717) is 0 Å². The maximum atomic E-state index is 14.6. The lowest BCUT2D eigenvalue weighted by Gasteiger charge is -2.22. The summed E-state index contributed by atoms with van der Waals surface area (Å²) in [5.74, 6) is -2.47. The van der Waals surface area contributed by atoms with Crippen LogP contribution in [0.4, 0.5) is 9.18 Å². The SMILES string of the molecule is CC(C)(C)OC(=O)NC(C(=O)O)c1cc(C#N)c(OCc2ccccc2)cc1F. The van der Waals surface area contributed by atoms with Crippen molar-refractivity contribution in [3.8, 4) is 11.8 Å². The van der Waals surface area contributed by atoms with Gasteiger partial charge in [-0.25, -0.2) is 14.0 Å². The van der Waals surface area contributed by atoms with Crippen LogP contribution < -0.4 is 10.1 Å². The van der Waals surface area contributed by atoms with Gasteiger partial charge >= 0.3 is 12.1 Å². The molecule has 2 aromatic rings. The van der Waals surface area contributed by atoms with E-state index in [-0.39, 0.29) is 23.5 Å². The van der Waals surface area contributed by atoms with Crippen LogP contribution in [0.5, 0.6) is 5.75 Å². The Morgan fingerprint density at radius 1 is 1.24 bits per heavy atom. The van der Waals surface area contributed by atoms with E-state index in [0.717, 1.165) is 17.7 Å². The van der Waals surface area contributed by atoms with Gasteiger partial charge in [0.2, 0.25) is 0 Å². The maximum absolute atomic E-state index is 14.6. The third kappa shape index (κ3) is 6.21. The van der Waals surface area contributed by atoms with Gasteiger partial charge in [0.05, 0.1) is 5.56 Å². The number of carbonyl (C=O) groups excluding carboxylic acids is 1. The van der Waals surface area contributed by atoms with E-state index in [1.54, 1.807) is 20.8 Å². The normalized spacial score (nSPS) is 11.8. The Labute approximate surface area is 167 Å². The Morgan fingerprint density at radius 3 is 2.45 bits per heavy atom. The van der Waals surface area contributed by atoms with Crippen molar-refractivity contribution in [1.82, 2.24) is 5.32 Å². The van der Waals surface area contributed by atoms with Crippen molar-refractivity contribution < 1.29 is 28.6 Å². The first kappa shape index (κ1) is 21.7. The highest BCUT2D eigenvalue weighted by Crippen LogP contribution is 2.28. The van der Waals surface area contributed by atoms with Gasteiger partial charge in [-0.05, 0) is 32.4 Å². The summed E-state index contributed by atoms with van der Waals surface area (Å²) in [6.45, 7) is 4.92. The second kappa shape index (κ2) is 9.06. The Bertz CT molecular complexity index is 933. The number of ether oxygens (including phenoxy) is 2. The van der Waals surface area contributed by atoms with Gasteiger partial charge in [-0.3, -0.25) is 0 Å². The number of alkyl carbamates (subject to hydrolysis) is 1. The van der Waals surface area contributed by atoms with Crippen molar-refractivity contribution in [3.05, 3.63) is 65.0 Å². The van der Waals surface area contributed by atoms with Crippen molar-refractivity contribution >= 4 is 12.1 Å². The predicted molar refractivity (Wildman–Crippen MR) is 102 cm³/mol. The quantitative estimate of drug-likeness (QED) is 0.761. The van der Waals surface area contributed by atoms with Crippen LogP contribution in [0.15, 0.2) is 42.5 Å². The molecule has 0 bridgehead atoms. The van der Waals surface area contributed by atoms with Crippen molar-refractivity contribution in [1.29, 1.82) is 5.26 Å². The fraction of sp³-hybridized carbons (Fsp3) is 0.286. The topological polar surface area (TPSA) is 109 Å². The zero-order valence-electron chi connectivity index (χ0n) is 16.2. The standard InChI is InChI=1S/C21H21FN2O5/c1-21(2,3)29-20(27)24-18(19(25)26)15-9-14(11-23)17(10-16(15)22)28-12-13-7-5-4-6-8-13/h4-10,18H,12H2,1-3H3,(H,24,27)(H,25,26). The number of nitriles is 1. The van der Waals surface area contributed by atoms with Gasteiger partial charge < -0.3 is 19.9 Å². The number of carboxylic acids is 1. The molecule has 2 aromatic carbocycles. The van der Waals surface area contributed by atoms with Crippen LogP contribution in [0, 0.1) is 17.1 Å². The van der Waals surface area contributed by atoms with Crippen LogP contribution in [-0.4, -0.2) is 22.8 Å². The number of rotatable bonds is 6. The predicted octanol–water partition coefficient (Wildman–Crippen LogP) is 3.93. The van der Waals surface area contributed by atoms with E-state index >= 15 is 0 Å². The lowest BCUT2D eigenvalue weighted by atomic mass is 10.0. The van der Waals surface area contributed by atoms with Gasteiger partial charge in [0.25, 0.3) is 0 Å². The minimum atomic E-state index is -1.74. The van der Waals surface area contributed by atoms with Gasteiger partial charge in [0.1, 0.15) is 29.8 Å². The highest BCUT2D eigenvalue weighted by atomic mass is 19.1. The molecule has 7 nitrogen and oxygen atoms in total. The van der Waals surface area contributed by atoms with Crippen molar-refractivity contribution in [2.24, 2.45) is 0 Å². The lowest BCUT2D eigenvalue weighted by molar-refractivity contribution is -0.139. The van der Waals surface area contributed by atoms with E-state index in [1.165, 1.54) is 0 Å². The van der Waals surface area contributed by atoms with E-state index in [4.69, 9.17) is 9.47 Å². The monoisotopic (exact) mass is 400 g/mol. The van der Waals surface area contributed by atoms with Gasteiger partial charge in [-0.15, -0.1) is 0 Å². The zero-order valence-corrected chi connectivity index (χ0v) is 16.2. The van der Waals surface area contributed by atoms with Crippen LogP contribution in [0.3, 0.4) is 0 Å². The summed E-state index contributed by atoms with van der Waals surface area (Å²) in [5.41, 5.74) is -0.490. The molecular formula is C21H21FN2O5. The number of amides is 1. The molecule has 0 spiro atoms. The summed E-state index contributed by atoms with van der Waals surface area (Å²) in [6, 6.07) is 11.2. The van der Waals surface area contributed by atoms with Gasteiger partial charge in [0, 0.05) is 11.6 Å². The van der Waals surface area contributed by atoms with Gasteiger partial charge in [0.15, 0.2) is 6.04 Å². The van der Waals surface area contributed by atoms with Crippen molar-refractivity contribution in [3.63, 3.8) is 0 Å². The Kier molecular flexibility index (Phi) is 6.78. The van der Waals surface area contributed by atoms with E-state index < -0.39 is 29.5 Å². The molecule has 0 fully saturated rings. The fourth-order valence-electron chi connectivity index (χ4n) is 2.43. The number of carbonyl (C=O) groups is 2. The van der Waals surface area contributed by atoms with Crippen LogP contribution in [-0.2, 0) is 16.1 Å². The highest BCUT2D eigenvalue weighted by Gasteiger charge is 2.29. The van der Waals surface area contributed by atoms with Gasteiger partial charge in [-0.2, -0.15) is 5.26 Å². The molecule has 0 aliphatic carbocycles. The molecule has 152 valence electrons. The largest absolute Gasteiger partial charge is 0.487 e. The van der Waals surface area contributed by atoms with Crippen LogP contribution in [0.25, 0.3) is 0 Å². The van der Waals surface area contributed by atoms with E-state index in [2.05, 4.69) is 5.32 Å². The summed E-state index contributed by atoms with van der Waals surface area (Å²) in [5, 5.41) is 20.9. The third-order valence-corrected chi connectivity index (χ3v) is 3.68. The summed E-state index contributed by atoms with van der Waals surface area (Å²) in [6.07, 6.45) is -1.02. The van der Waals surface area contributed by atoms with E-state index in [9.17, 15) is 24.3 Å². The van der Waals surface area contributed by atoms with E-state index in [1.807, 2.05) is 36.4 Å². The second-order valence-corrected chi connectivity index (χ2v) is 7.17. The first-order valence-electron chi connectivity index (χ1n) is 8.73. The Morgan fingerprint density at radius 2 is 1.90 bits per heavy atom. The molecule has 0 saturated carbocycles. The molecule has 0 aromatic heterocycles. The molecule has 1 unspecified atom stereocenters. The number of carboxylic acid groups (broad SMARTS) is 1. The van der Waals surface area contributed by atoms with Gasteiger partial charge in [-0.1, -0.05) is 30.3 Å². The molecule has 0 radical (unpaired) electrons. The summed E-state index contributed by atoms with van der Waals surface area (Å²) >= 11 is 0. The number of hydrogen-bond acceptors (Lipinski definition) is 5. The number of nitrogens with one attached hydrogen (secondary N) is 1. The van der Waals surface area contributed by atoms with Crippen LogP contribution >= 0.6 is 0 Å². The molecule has 8 heteroatoms. The number of halogens is 1. The number of aliphatic carboxylic acids is 1. The maximum Gasteiger partial charge on any atom is 0.408 e. The molecule has 1 atom stereocenters. The molecule has 0 heterocycles. The Hall–Kier alpha value is -3.60. The minimum Gasteiger partial charge on any atom is -0.487 e. The third-order valence-electron chi connectivity index (χ3n) is 3.68. The molecule has 29 heavy (non-hydrogen) atoms.